The maximum atomic E-state index is 12.4. The van der Waals surface area contributed by atoms with Crippen molar-refractivity contribution in [3.05, 3.63) is 44.5 Å². The maximum absolute atomic E-state index is 12.4. The van der Waals surface area contributed by atoms with E-state index in [2.05, 4.69) is 20.9 Å². The second-order valence-electron chi connectivity index (χ2n) is 4.91. The van der Waals surface area contributed by atoms with E-state index < -0.39 is 28.5 Å². The first kappa shape index (κ1) is 18.8. The summed E-state index contributed by atoms with van der Waals surface area (Å²) < 4.78 is 10.5. The molecule has 8 nitrogen and oxygen atoms in total. The summed E-state index contributed by atoms with van der Waals surface area (Å²) in [5.41, 5.74) is -0.132. The fourth-order valence-electron chi connectivity index (χ4n) is 2.41. The highest BCUT2D eigenvalue weighted by atomic mass is 79.9. The largest absolute Gasteiger partial charge is 0.465 e. The molecule has 0 aliphatic carbocycles. The third-order valence-corrected chi connectivity index (χ3v) is 3.87. The van der Waals surface area contributed by atoms with Crippen LogP contribution in [-0.4, -0.2) is 35.1 Å². The van der Waals surface area contributed by atoms with Crippen LogP contribution < -0.4 is 0 Å². The highest BCUT2D eigenvalue weighted by Crippen LogP contribution is 2.35. The zero-order chi connectivity index (χ0) is 18.6. The Morgan fingerprint density at radius 2 is 1.84 bits per heavy atom. The van der Waals surface area contributed by atoms with Crippen LogP contribution in [0.25, 0.3) is 10.9 Å². The summed E-state index contributed by atoms with van der Waals surface area (Å²) in [6.07, 6.45) is 1.02. The lowest BCUT2D eigenvalue weighted by Gasteiger charge is -2.16. The Morgan fingerprint density at radius 1 is 1.24 bits per heavy atom. The topological polar surface area (TPSA) is 109 Å². The number of benzene rings is 1. The summed E-state index contributed by atoms with van der Waals surface area (Å²) in [4.78, 5) is 39.6. The molecule has 0 bridgehead atoms. The minimum atomic E-state index is -1.57. The van der Waals surface area contributed by atoms with Crippen molar-refractivity contribution in [2.45, 2.75) is 19.8 Å². The molecule has 2 rings (SSSR count). The quantitative estimate of drug-likeness (QED) is 0.311. The van der Waals surface area contributed by atoms with Crippen molar-refractivity contribution in [2.24, 2.45) is 0 Å². The minimum absolute atomic E-state index is 0.0231. The fourth-order valence-corrected chi connectivity index (χ4v) is 2.77. The lowest BCUT2D eigenvalue weighted by atomic mass is 9.94. The number of pyridine rings is 1. The molecule has 0 saturated heterocycles. The van der Waals surface area contributed by atoms with Gasteiger partial charge in [-0.3, -0.25) is 19.7 Å². The van der Waals surface area contributed by atoms with E-state index >= 15 is 0 Å². The Labute approximate surface area is 151 Å². The number of carbonyl (C=O) groups is 2. The molecule has 0 radical (unpaired) electrons. The molecule has 0 amide bonds. The van der Waals surface area contributed by atoms with Crippen molar-refractivity contribution in [1.29, 1.82) is 0 Å². The van der Waals surface area contributed by atoms with Crippen LogP contribution in [0.3, 0.4) is 0 Å². The van der Waals surface area contributed by atoms with Crippen LogP contribution in [0.2, 0.25) is 0 Å². The number of halogens is 1. The van der Waals surface area contributed by atoms with Gasteiger partial charge in [0.05, 0.1) is 29.2 Å². The number of rotatable bonds is 6. The number of hydrogen-bond acceptors (Lipinski definition) is 7. The summed E-state index contributed by atoms with van der Waals surface area (Å²) in [6, 6.07) is 4.89. The lowest BCUT2D eigenvalue weighted by molar-refractivity contribution is -0.385. The number of nitrogens with zero attached hydrogens (tertiary/aromatic N) is 2. The van der Waals surface area contributed by atoms with Crippen molar-refractivity contribution >= 4 is 44.5 Å². The number of carbonyl (C=O) groups excluding carboxylic acids is 2. The molecular weight excluding hydrogens is 396 g/mol. The van der Waals surface area contributed by atoms with Crippen LogP contribution >= 0.6 is 15.9 Å². The van der Waals surface area contributed by atoms with Gasteiger partial charge < -0.3 is 9.47 Å². The lowest BCUT2D eigenvalue weighted by Crippen LogP contribution is -2.27. The minimum Gasteiger partial charge on any atom is -0.465 e. The molecule has 0 unspecified atom stereocenters. The van der Waals surface area contributed by atoms with Crippen molar-refractivity contribution in [1.82, 2.24) is 4.98 Å². The van der Waals surface area contributed by atoms with Gasteiger partial charge in [0, 0.05) is 9.86 Å². The molecule has 25 heavy (non-hydrogen) atoms. The summed E-state index contributed by atoms with van der Waals surface area (Å²) in [5, 5.41) is 11.8. The van der Waals surface area contributed by atoms with E-state index in [9.17, 15) is 19.7 Å². The highest BCUT2D eigenvalue weighted by Gasteiger charge is 2.38. The summed E-state index contributed by atoms with van der Waals surface area (Å²) >= 11 is 3.28. The van der Waals surface area contributed by atoms with Crippen molar-refractivity contribution < 1.29 is 24.0 Å². The molecule has 1 aromatic carbocycles. The monoisotopic (exact) mass is 410 g/mol. The predicted molar refractivity (Wildman–Crippen MR) is 92.1 cm³/mol. The molecule has 132 valence electrons. The Kier molecular flexibility index (Phi) is 6.02. The number of esters is 2. The van der Waals surface area contributed by atoms with E-state index in [1.807, 2.05) is 0 Å². The van der Waals surface area contributed by atoms with Gasteiger partial charge in [0.15, 0.2) is 5.92 Å². The van der Waals surface area contributed by atoms with Gasteiger partial charge in [-0.25, -0.2) is 4.98 Å². The van der Waals surface area contributed by atoms with E-state index in [1.165, 1.54) is 0 Å². The first-order valence-corrected chi connectivity index (χ1v) is 8.25. The van der Waals surface area contributed by atoms with Crippen molar-refractivity contribution in [3.63, 3.8) is 0 Å². The third-order valence-electron chi connectivity index (χ3n) is 3.38. The van der Waals surface area contributed by atoms with Gasteiger partial charge in [-0.05, 0) is 32.0 Å². The number of nitro groups is 1. The van der Waals surface area contributed by atoms with Gasteiger partial charge in [0.25, 0.3) is 5.69 Å². The Balaban J connectivity index is 2.80. The second kappa shape index (κ2) is 8.02. The standard InChI is InChI=1S/C16H15BrN2O6/c1-3-24-15(20)14(16(21)25-4-2)13-10-7-9(17)5-6-11(10)18-8-12(13)19(22)23/h5-8,14H,3-4H2,1-2H3. The zero-order valence-electron chi connectivity index (χ0n) is 13.5. The normalized spacial score (nSPS) is 10.7. The predicted octanol–water partition coefficient (Wildman–Crippen LogP) is 3.12. The van der Waals surface area contributed by atoms with Crippen molar-refractivity contribution in [2.75, 3.05) is 13.2 Å². The zero-order valence-corrected chi connectivity index (χ0v) is 15.1. The SMILES string of the molecule is CCOC(=O)C(C(=O)OCC)c1c([N+](=O)[O-])cnc2ccc(Br)cc12. The van der Waals surface area contributed by atoms with E-state index in [0.717, 1.165) is 6.20 Å². The average Bonchev–Trinajstić information content (AvgIpc) is 2.55. The molecule has 0 atom stereocenters. The van der Waals surface area contributed by atoms with Crippen LogP contribution in [0.5, 0.6) is 0 Å². The summed E-state index contributed by atoms with van der Waals surface area (Å²) in [7, 11) is 0. The van der Waals surface area contributed by atoms with E-state index in [1.54, 1.807) is 32.0 Å². The Morgan fingerprint density at radius 3 is 2.36 bits per heavy atom. The van der Waals surface area contributed by atoms with Crippen LogP contribution in [-0.2, 0) is 19.1 Å². The number of aromatic nitrogens is 1. The van der Waals surface area contributed by atoms with Crippen LogP contribution in [0.1, 0.15) is 25.3 Å². The molecule has 0 N–H and O–H groups in total. The molecule has 1 heterocycles. The first-order chi connectivity index (χ1) is 11.9. The number of fused-ring (bicyclic) bond motifs is 1. The van der Waals surface area contributed by atoms with Gasteiger partial charge in [0.1, 0.15) is 6.20 Å². The highest BCUT2D eigenvalue weighted by molar-refractivity contribution is 9.10. The summed E-state index contributed by atoms with van der Waals surface area (Å²) in [5.74, 6) is -3.38. The number of ether oxygens (including phenoxy) is 2. The van der Waals surface area contributed by atoms with Gasteiger partial charge in [0.2, 0.25) is 0 Å². The number of hydrogen-bond donors (Lipinski definition) is 0. The maximum Gasteiger partial charge on any atom is 0.325 e. The van der Waals surface area contributed by atoms with E-state index in [4.69, 9.17) is 9.47 Å². The van der Waals surface area contributed by atoms with Crippen LogP contribution in [0.15, 0.2) is 28.9 Å². The molecule has 0 spiro atoms. The van der Waals surface area contributed by atoms with Gasteiger partial charge in [-0.2, -0.15) is 0 Å². The molecular formula is C16H15BrN2O6. The first-order valence-electron chi connectivity index (χ1n) is 7.46. The van der Waals surface area contributed by atoms with Gasteiger partial charge in [-0.1, -0.05) is 15.9 Å². The van der Waals surface area contributed by atoms with Crippen LogP contribution in [0.4, 0.5) is 5.69 Å². The molecule has 0 fully saturated rings. The van der Waals surface area contributed by atoms with E-state index in [-0.39, 0.29) is 18.8 Å². The summed E-state index contributed by atoms with van der Waals surface area (Å²) in [6.45, 7) is 3.20. The molecule has 0 saturated carbocycles. The van der Waals surface area contributed by atoms with Gasteiger partial charge >= 0.3 is 11.9 Å². The third kappa shape index (κ3) is 3.93. The van der Waals surface area contributed by atoms with Crippen LogP contribution in [0, 0.1) is 10.1 Å². The smallest absolute Gasteiger partial charge is 0.325 e. The molecule has 1 aromatic heterocycles. The second-order valence-corrected chi connectivity index (χ2v) is 5.83. The average molecular weight is 411 g/mol. The Hall–Kier alpha value is -2.55. The van der Waals surface area contributed by atoms with Gasteiger partial charge in [-0.15, -0.1) is 0 Å². The molecule has 0 aliphatic rings. The fraction of sp³-hybridized carbons (Fsp3) is 0.312. The molecule has 0 aliphatic heterocycles. The van der Waals surface area contributed by atoms with E-state index in [0.29, 0.717) is 15.4 Å². The molecule has 9 heteroatoms. The Bertz CT molecular complexity index is 821. The molecule has 2 aromatic rings. The van der Waals surface area contributed by atoms with Crippen molar-refractivity contribution in [3.8, 4) is 0 Å².